The van der Waals surface area contributed by atoms with Gasteiger partial charge in [0.05, 0.1) is 18.5 Å². The number of aryl methyl sites for hydroxylation is 1. The van der Waals surface area contributed by atoms with E-state index in [0.717, 1.165) is 43.1 Å². The van der Waals surface area contributed by atoms with E-state index in [1.807, 2.05) is 56.0 Å². The van der Waals surface area contributed by atoms with E-state index in [9.17, 15) is 8.42 Å². The third-order valence-electron chi connectivity index (χ3n) is 5.30. The molecule has 1 fully saturated rings. The summed E-state index contributed by atoms with van der Waals surface area (Å²) in [7, 11) is -1.45. The van der Waals surface area contributed by atoms with Gasteiger partial charge in [-0.25, -0.2) is 18.1 Å². The summed E-state index contributed by atoms with van der Waals surface area (Å²) < 4.78 is 29.3. The summed E-state index contributed by atoms with van der Waals surface area (Å²) in [6.07, 6.45) is 5.09. The fourth-order valence-electron chi connectivity index (χ4n) is 3.92. The molecule has 1 aromatic carbocycles. The molecule has 1 aliphatic heterocycles. The van der Waals surface area contributed by atoms with Crippen LogP contribution in [0.3, 0.4) is 0 Å². The molecule has 2 aromatic rings. The highest BCUT2D eigenvalue weighted by Gasteiger charge is 2.27. The molecule has 8 nitrogen and oxygen atoms in total. The van der Waals surface area contributed by atoms with E-state index in [-0.39, 0.29) is 11.8 Å². The number of benzene rings is 1. The van der Waals surface area contributed by atoms with Gasteiger partial charge in [-0.3, -0.25) is 4.68 Å². The van der Waals surface area contributed by atoms with Gasteiger partial charge in [-0.2, -0.15) is 5.10 Å². The Labute approximate surface area is 185 Å². The standard InChI is InChI=1S/C22H34N6O2S/c1-5-23-22(28-11-10-19(15-28)21-13-25-27(4)14-21)24-12-18-8-6-7-9-20(18)16-31(29,30)26-17(2)3/h6-9,13-14,17,19,26H,5,10-12,15-16H2,1-4H3,(H,23,24). The molecule has 1 aliphatic rings. The summed E-state index contributed by atoms with van der Waals surface area (Å²) in [5, 5.41) is 7.69. The molecule has 0 aliphatic carbocycles. The largest absolute Gasteiger partial charge is 0.357 e. The molecule has 0 amide bonds. The molecular weight excluding hydrogens is 412 g/mol. The van der Waals surface area contributed by atoms with Crippen LogP contribution in [0, 0.1) is 0 Å². The van der Waals surface area contributed by atoms with Crippen molar-refractivity contribution in [3.63, 3.8) is 0 Å². The van der Waals surface area contributed by atoms with Gasteiger partial charge in [0, 0.05) is 44.8 Å². The van der Waals surface area contributed by atoms with E-state index in [1.54, 1.807) is 0 Å². The van der Waals surface area contributed by atoms with E-state index < -0.39 is 10.0 Å². The Kier molecular flexibility index (Phi) is 7.72. The van der Waals surface area contributed by atoms with E-state index in [4.69, 9.17) is 4.99 Å². The van der Waals surface area contributed by atoms with Gasteiger partial charge in [0.2, 0.25) is 10.0 Å². The predicted molar refractivity (Wildman–Crippen MR) is 124 cm³/mol. The van der Waals surface area contributed by atoms with Crippen LogP contribution in [0.15, 0.2) is 41.7 Å². The molecule has 0 saturated carbocycles. The molecule has 170 valence electrons. The Morgan fingerprint density at radius 1 is 1.29 bits per heavy atom. The highest BCUT2D eigenvalue weighted by molar-refractivity contribution is 7.88. The molecule has 1 aromatic heterocycles. The number of aromatic nitrogens is 2. The summed E-state index contributed by atoms with van der Waals surface area (Å²) in [6, 6.07) is 7.50. The van der Waals surface area contributed by atoms with Crippen molar-refractivity contribution in [1.29, 1.82) is 0 Å². The first kappa shape index (κ1) is 23.3. The van der Waals surface area contributed by atoms with Gasteiger partial charge in [-0.15, -0.1) is 0 Å². The van der Waals surface area contributed by atoms with Crippen molar-refractivity contribution < 1.29 is 8.42 Å². The number of nitrogens with zero attached hydrogens (tertiary/aromatic N) is 4. The third-order valence-corrected chi connectivity index (χ3v) is 6.82. The average Bonchev–Trinajstić information content (AvgIpc) is 3.34. The smallest absolute Gasteiger partial charge is 0.216 e. The first-order chi connectivity index (χ1) is 14.8. The van der Waals surface area contributed by atoms with E-state index in [1.165, 1.54) is 5.56 Å². The molecule has 31 heavy (non-hydrogen) atoms. The van der Waals surface area contributed by atoms with Crippen LogP contribution >= 0.6 is 0 Å². The molecule has 9 heteroatoms. The average molecular weight is 447 g/mol. The predicted octanol–water partition coefficient (Wildman–Crippen LogP) is 2.20. The normalized spacial score (nSPS) is 17.5. The molecule has 1 atom stereocenters. The van der Waals surface area contributed by atoms with E-state index >= 15 is 0 Å². The number of hydrogen-bond donors (Lipinski definition) is 2. The topological polar surface area (TPSA) is 91.6 Å². The zero-order valence-corrected chi connectivity index (χ0v) is 19.7. The fraction of sp³-hybridized carbons (Fsp3) is 0.545. The van der Waals surface area contributed by atoms with Crippen molar-refractivity contribution in [2.45, 2.75) is 51.4 Å². The van der Waals surface area contributed by atoms with Crippen LogP contribution in [0.4, 0.5) is 0 Å². The van der Waals surface area contributed by atoms with Gasteiger partial charge < -0.3 is 10.2 Å². The van der Waals surface area contributed by atoms with Crippen LogP contribution in [0.5, 0.6) is 0 Å². The molecule has 1 unspecified atom stereocenters. The molecule has 0 spiro atoms. The minimum Gasteiger partial charge on any atom is -0.357 e. The van der Waals surface area contributed by atoms with Gasteiger partial charge in [0.25, 0.3) is 0 Å². The summed E-state index contributed by atoms with van der Waals surface area (Å²) in [5.41, 5.74) is 2.97. The van der Waals surface area contributed by atoms with Gasteiger partial charge in [0.15, 0.2) is 5.96 Å². The molecule has 2 heterocycles. The second-order valence-corrected chi connectivity index (χ2v) is 10.1. The molecule has 1 saturated heterocycles. The number of sulfonamides is 1. The maximum atomic E-state index is 12.4. The lowest BCUT2D eigenvalue weighted by molar-refractivity contribution is 0.486. The maximum absolute atomic E-state index is 12.4. The van der Waals surface area contributed by atoms with Gasteiger partial charge >= 0.3 is 0 Å². The van der Waals surface area contributed by atoms with Crippen LogP contribution in [0.25, 0.3) is 0 Å². The number of hydrogen-bond acceptors (Lipinski definition) is 4. The van der Waals surface area contributed by atoms with Crippen LogP contribution in [0.1, 0.15) is 49.8 Å². The molecule has 2 N–H and O–H groups in total. The summed E-state index contributed by atoms with van der Waals surface area (Å²) >= 11 is 0. The minimum atomic E-state index is -3.39. The Bertz CT molecular complexity index is 999. The number of rotatable bonds is 8. The first-order valence-electron chi connectivity index (χ1n) is 10.9. The zero-order valence-electron chi connectivity index (χ0n) is 18.9. The number of guanidine groups is 1. The maximum Gasteiger partial charge on any atom is 0.216 e. The van der Waals surface area contributed by atoms with Crippen LogP contribution in [-0.4, -0.2) is 54.7 Å². The lowest BCUT2D eigenvalue weighted by Crippen LogP contribution is -2.40. The Balaban J connectivity index is 1.73. The van der Waals surface area contributed by atoms with Gasteiger partial charge in [0.1, 0.15) is 0 Å². The minimum absolute atomic E-state index is 0.0415. The Morgan fingerprint density at radius 2 is 2.03 bits per heavy atom. The molecule has 0 radical (unpaired) electrons. The fourth-order valence-corrected chi connectivity index (χ4v) is 5.41. The molecule has 3 rings (SSSR count). The van der Waals surface area contributed by atoms with Crippen molar-refractivity contribution in [3.8, 4) is 0 Å². The summed E-state index contributed by atoms with van der Waals surface area (Å²) in [5.74, 6) is 1.27. The molecular formula is C22H34N6O2S. The first-order valence-corrected chi connectivity index (χ1v) is 12.5. The van der Waals surface area contributed by atoms with Crippen LogP contribution in [-0.2, 0) is 29.4 Å². The van der Waals surface area contributed by atoms with Crippen molar-refractivity contribution >= 4 is 16.0 Å². The van der Waals surface area contributed by atoms with E-state index in [2.05, 4.69) is 33.2 Å². The summed E-state index contributed by atoms with van der Waals surface area (Å²) in [6.45, 7) is 8.75. The van der Waals surface area contributed by atoms with Gasteiger partial charge in [-0.05, 0) is 43.9 Å². The van der Waals surface area contributed by atoms with Gasteiger partial charge in [-0.1, -0.05) is 24.3 Å². The Hall–Kier alpha value is -2.39. The number of likely N-dealkylation sites (tertiary alicyclic amines) is 1. The van der Waals surface area contributed by atoms with Crippen LogP contribution in [0.2, 0.25) is 0 Å². The third kappa shape index (κ3) is 6.54. The zero-order chi connectivity index (χ0) is 22.4. The SMILES string of the molecule is CCNC(=NCc1ccccc1CS(=O)(=O)NC(C)C)N1CCC(c2cnn(C)c2)C1. The second-order valence-electron chi connectivity index (χ2n) is 8.35. The second kappa shape index (κ2) is 10.3. The number of nitrogens with one attached hydrogen (secondary N) is 2. The number of aliphatic imine (C=N–C) groups is 1. The summed E-state index contributed by atoms with van der Waals surface area (Å²) in [4.78, 5) is 7.12. The van der Waals surface area contributed by atoms with Crippen molar-refractivity contribution in [3.05, 3.63) is 53.3 Å². The lowest BCUT2D eigenvalue weighted by atomic mass is 10.0. The Morgan fingerprint density at radius 3 is 2.68 bits per heavy atom. The monoisotopic (exact) mass is 446 g/mol. The van der Waals surface area contributed by atoms with E-state index in [0.29, 0.717) is 12.5 Å². The molecule has 0 bridgehead atoms. The lowest BCUT2D eigenvalue weighted by Gasteiger charge is -2.22. The quantitative estimate of drug-likeness (QED) is 0.479. The highest BCUT2D eigenvalue weighted by atomic mass is 32.2. The van der Waals surface area contributed by atoms with Crippen molar-refractivity contribution in [1.82, 2.24) is 24.7 Å². The van der Waals surface area contributed by atoms with Crippen molar-refractivity contribution in [2.75, 3.05) is 19.6 Å². The highest BCUT2D eigenvalue weighted by Crippen LogP contribution is 2.26. The van der Waals surface area contributed by atoms with Crippen molar-refractivity contribution in [2.24, 2.45) is 12.0 Å². The van der Waals surface area contributed by atoms with Crippen LogP contribution < -0.4 is 10.0 Å².